The number of carbonyl (C=O) groups is 5. The minimum absolute atomic E-state index is 0.199. The highest BCUT2D eigenvalue weighted by Crippen LogP contribution is 2.08. The first-order chi connectivity index (χ1) is 12.6. The van der Waals surface area contributed by atoms with Gasteiger partial charge >= 0.3 is 5.97 Å². The second-order valence-corrected chi connectivity index (χ2v) is 6.83. The van der Waals surface area contributed by atoms with Crippen molar-refractivity contribution in [3.63, 3.8) is 0 Å². The van der Waals surface area contributed by atoms with Crippen LogP contribution in [0.25, 0.3) is 0 Å². The predicted molar refractivity (Wildman–Crippen MR) is 96.3 cm³/mol. The van der Waals surface area contributed by atoms with Crippen LogP contribution in [0.3, 0.4) is 0 Å². The van der Waals surface area contributed by atoms with Crippen molar-refractivity contribution in [3.05, 3.63) is 12.2 Å². The fourth-order valence-corrected chi connectivity index (χ4v) is 2.53. The number of rotatable bonds is 11. The van der Waals surface area contributed by atoms with Crippen LogP contribution in [0, 0.1) is 5.92 Å². The van der Waals surface area contributed by atoms with Gasteiger partial charge in [-0.2, -0.15) is 0 Å². The molecule has 27 heavy (non-hydrogen) atoms. The number of carboxylic acids is 1. The third-order valence-electron chi connectivity index (χ3n) is 4.18. The molecular formula is C18H27N3O6. The van der Waals surface area contributed by atoms with Crippen LogP contribution >= 0.6 is 0 Å². The minimum Gasteiger partial charge on any atom is -0.480 e. The van der Waals surface area contributed by atoms with E-state index in [1.165, 1.54) is 19.1 Å². The van der Waals surface area contributed by atoms with Gasteiger partial charge in [0.05, 0.1) is 0 Å². The van der Waals surface area contributed by atoms with E-state index in [9.17, 15) is 24.0 Å². The third kappa shape index (κ3) is 7.20. The molecule has 9 nitrogen and oxygen atoms in total. The fraction of sp³-hybridized carbons (Fsp3) is 0.611. The second-order valence-electron chi connectivity index (χ2n) is 6.83. The van der Waals surface area contributed by atoms with E-state index >= 15 is 0 Å². The Kier molecular flexibility index (Phi) is 8.64. The summed E-state index contributed by atoms with van der Waals surface area (Å²) in [6.45, 7) is 5.18. The first-order valence-electron chi connectivity index (χ1n) is 8.99. The largest absolute Gasteiger partial charge is 0.480 e. The van der Waals surface area contributed by atoms with E-state index in [4.69, 9.17) is 5.11 Å². The first kappa shape index (κ1) is 22.3. The van der Waals surface area contributed by atoms with Crippen LogP contribution in [0.15, 0.2) is 12.2 Å². The van der Waals surface area contributed by atoms with Gasteiger partial charge < -0.3 is 15.7 Å². The first-order valence-corrected chi connectivity index (χ1v) is 8.99. The number of imide groups is 1. The molecule has 1 heterocycles. The maximum atomic E-state index is 12.2. The normalized spacial score (nSPS) is 15.8. The van der Waals surface area contributed by atoms with E-state index in [1.54, 1.807) is 13.8 Å². The molecule has 0 saturated carbocycles. The molecule has 0 aromatic rings. The summed E-state index contributed by atoms with van der Waals surface area (Å²) in [5.41, 5.74) is 0. The molecule has 1 aliphatic rings. The van der Waals surface area contributed by atoms with Crippen LogP contribution in [-0.2, 0) is 24.0 Å². The molecule has 9 heteroatoms. The molecule has 3 N–H and O–H groups in total. The molecule has 0 bridgehead atoms. The van der Waals surface area contributed by atoms with E-state index in [0.717, 1.165) is 4.90 Å². The third-order valence-corrected chi connectivity index (χ3v) is 4.18. The van der Waals surface area contributed by atoms with Gasteiger partial charge in [0.2, 0.25) is 11.8 Å². The summed E-state index contributed by atoms with van der Waals surface area (Å²) in [4.78, 5) is 59.0. The van der Waals surface area contributed by atoms with Gasteiger partial charge in [0.1, 0.15) is 12.1 Å². The van der Waals surface area contributed by atoms with Gasteiger partial charge in [-0.05, 0) is 25.7 Å². The Bertz CT molecular complexity index is 611. The zero-order chi connectivity index (χ0) is 20.6. The molecule has 2 atom stereocenters. The summed E-state index contributed by atoms with van der Waals surface area (Å²) >= 11 is 0. The van der Waals surface area contributed by atoms with Crippen molar-refractivity contribution in [2.24, 2.45) is 5.92 Å². The molecule has 0 radical (unpaired) electrons. The van der Waals surface area contributed by atoms with E-state index in [0.29, 0.717) is 25.8 Å². The van der Waals surface area contributed by atoms with Crippen LogP contribution in [0.2, 0.25) is 0 Å². The average Bonchev–Trinajstić information content (AvgIpc) is 2.90. The minimum atomic E-state index is -1.15. The van der Waals surface area contributed by atoms with Crippen LogP contribution in [-0.4, -0.2) is 58.2 Å². The molecular weight excluding hydrogens is 354 g/mol. The number of carbonyl (C=O) groups excluding carboxylic acids is 4. The molecule has 0 fully saturated rings. The number of carboxylic acid groups (broad SMARTS) is 1. The molecule has 0 aromatic heterocycles. The molecule has 0 aromatic carbocycles. The molecule has 4 amide bonds. The van der Waals surface area contributed by atoms with E-state index in [2.05, 4.69) is 10.6 Å². The van der Waals surface area contributed by atoms with Crippen LogP contribution in [0.4, 0.5) is 0 Å². The standard InChI is InChI=1S/C18H27N3O6/c1-11(2)16(17(25)19-12(3)18(26)27)20-13(22)7-5-4-6-10-21-14(23)8-9-15(21)24/h8-9,11-12,16H,4-7,10H2,1-3H3,(H,19,25)(H,20,22)(H,26,27). The lowest BCUT2D eigenvalue weighted by Crippen LogP contribution is -2.53. The Balaban J connectivity index is 2.33. The highest BCUT2D eigenvalue weighted by atomic mass is 16.4. The lowest BCUT2D eigenvalue weighted by atomic mass is 10.0. The predicted octanol–water partition coefficient (Wildman–Crippen LogP) is 0.202. The highest BCUT2D eigenvalue weighted by molar-refractivity contribution is 6.12. The van der Waals surface area contributed by atoms with E-state index in [1.807, 2.05) is 0 Å². The summed E-state index contributed by atoms with van der Waals surface area (Å²) in [6, 6.07) is -1.86. The van der Waals surface area contributed by atoms with Crippen LogP contribution < -0.4 is 10.6 Å². The fourth-order valence-electron chi connectivity index (χ4n) is 2.53. The monoisotopic (exact) mass is 381 g/mol. The highest BCUT2D eigenvalue weighted by Gasteiger charge is 2.26. The zero-order valence-corrected chi connectivity index (χ0v) is 15.9. The van der Waals surface area contributed by atoms with Crippen molar-refractivity contribution < 1.29 is 29.1 Å². The number of hydrogen-bond donors (Lipinski definition) is 3. The van der Waals surface area contributed by atoms with Gasteiger partial charge in [0.25, 0.3) is 11.8 Å². The summed E-state index contributed by atoms with van der Waals surface area (Å²) < 4.78 is 0. The SMILES string of the molecule is CC(NC(=O)C(NC(=O)CCCCCN1C(=O)C=CC1=O)C(C)C)C(=O)O. The maximum absolute atomic E-state index is 12.2. The van der Waals surface area contributed by atoms with E-state index in [-0.39, 0.29) is 30.1 Å². The Hall–Kier alpha value is -2.71. The molecule has 2 unspecified atom stereocenters. The Morgan fingerprint density at radius 2 is 1.59 bits per heavy atom. The van der Waals surface area contributed by atoms with Gasteiger partial charge in [0, 0.05) is 25.1 Å². The van der Waals surface area contributed by atoms with Crippen molar-refractivity contribution >= 4 is 29.6 Å². The van der Waals surface area contributed by atoms with Crippen LogP contribution in [0.5, 0.6) is 0 Å². The summed E-state index contributed by atoms with van der Waals surface area (Å²) in [5, 5.41) is 13.8. The Labute approximate surface area is 158 Å². The number of unbranched alkanes of at least 4 members (excludes halogenated alkanes) is 2. The molecule has 1 aliphatic heterocycles. The number of nitrogens with one attached hydrogen (secondary N) is 2. The number of hydrogen-bond acceptors (Lipinski definition) is 5. The average molecular weight is 381 g/mol. The topological polar surface area (TPSA) is 133 Å². The van der Waals surface area contributed by atoms with Gasteiger partial charge in [-0.1, -0.05) is 20.3 Å². The summed E-state index contributed by atoms with van der Waals surface area (Å²) in [7, 11) is 0. The van der Waals surface area contributed by atoms with Crippen LogP contribution in [0.1, 0.15) is 46.5 Å². The smallest absolute Gasteiger partial charge is 0.325 e. The molecule has 150 valence electrons. The number of aliphatic carboxylic acids is 1. The molecule has 1 rings (SSSR count). The number of nitrogens with zero attached hydrogens (tertiary/aromatic N) is 1. The summed E-state index contributed by atoms with van der Waals surface area (Å²) in [6.07, 6.45) is 4.46. The quantitative estimate of drug-likeness (QED) is 0.346. The van der Waals surface area contributed by atoms with Crippen molar-refractivity contribution in [3.8, 4) is 0 Å². The van der Waals surface area contributed by atoms with Gasteiger partial charge in [-0.3, -0.25) is 28.9 Å². The maximum Gasteiger partial charge on any atom is 0.325 e. The van der Waals surface area contributed by atoms with Gasteiger partial charge in [0.15, 0.2) is 0 Å². The van der Waals surface area contributed by atoms with Crippen molar-refractivity contribution in [2.75, 3.05) is 6.54 Å². The van der Waals surface area contributed by atoms with E-state index < -0.39 is 24.0 Å². The molecule has 0 saturated heterocycles. The van der Waals surface area contributed by atoms with Crippen molar-refractivity contribution in [1.82, 2.24) is 15.5 Å². The van der Waals surface area contributed by atoms with Gasteiger partial charge in [-0.15, -0.1) is 0 Å². The second kappa shape index (κ2) is 10.4. The van der Waals surface area contributed by atoms with Crippen molar-refractivity contribution in [2.45, 2.75) is 58.5 Å². The molecule has 0 aliphatic carbocycles. The van der Waals surface area contributed by atoms with Crippen molar-refractivity contribution in [1.29, 1.82) is 0 Å². The zero-order valence-electron chi connectivity index (χ0n) is 15.9. The summed E-state index contributed by atoms with van der Waals surface area (Å²) in [5.74, 6) is -2.83. The lowest BCUT2D eigenvalue weighted by Gasteiger charge is -2.23. The Morgan fingerprint density at radius 1 is 1.00 bits per heavy atom. The Morgan fingerprint density at radius 3 is 2.11 bits per heavy atom. The van der Waals surface area contributed by atoms with Gasteiger partial charge in [-0.25, -0.2) is 0 Å². The lowest BCUT2D eigenvalue weighted by molar-refractivity contribution is -0.142. The number of amides is 4. The molecule has 0 spiro atoms.